The first-order valence-corrected chi connectivity index (χ1v) is 9.43. The van der Waals surface area contributed by atoms with Crippen LogP contribution in [0.4, 0.5) is 0 Å². The summed E-state index contributed by atoms with van der Waals surface area (Å²) >= 11 is 3.35. The van der Waals surface area contributed by atoms with Crippen molar-refractivity contribution in [3.8, 4) is 0 Å². The van der Waals surface area contributed by atoms with Crippen LogP contribution in [0.25, 0.3) is 0 Å². The second-order valence-electron chi connectivity index (χ2n) is 4.47. The minimum absolute atomic E-state index is 0.00160. The van der Waals surface area contributed by atoms with Crippen LogP contribution in [-0.2, 0) is 15.6 Å². The molecule has 2 heterocycles. The molecule has 1 aromatic rings. The first-order valence-electron chi connectivity index (χ1n) is 5.74. The van der Waals surface area contributed by atoms with Gasteiger partial charge in [-0.3, -0.25) is 4.99 Å². The van der Waals surface area contributed by atoms with Gasteiger partial charge in [-0.15, -0.1) is 0 Å². The van der Waals surface area contributed by atoms with Crippen LogP contribution in [0, 0.1) is 0 Å². The Bertz CT molecular complexity index is 568. The molecule has 0 bridgehead atoms. The first-order chi connectivity index (χ1) is 8.62. The van der Waals surface area contributed by atoms with Gasteiger partial charge in [0.1, 0.15) is 4.38 Å². The monoisotopic (exact) mass is 299 g/mol. The molecule has 0 saturated carbocycles. The quantitative estimate of drug-likeness (QED) is 0.840. The van der Waals surface area contributed by atoms with E-state index in [1.165, 1.54) is 5.56 Å². The van der Waals surface area contributed by atoms with Gasteiger partial charge in [-0.25, -0.2) is 8.42 Å². The van der Waals surface area contributed by atoms with E-state index >= 15 is 0 Å². The third-order valence-corrected chi connectivity index (χ3v) is 7.49. The van der Waals surface area contributed by atoms with Gasteiger partial charge < -0.3 is 0 Å². The Labute approximate surface area is 115 Å². The van der Waals surface area contributed by atoms with Crippen LogP contribution in [0.1, 0.15) is 5.56 Å². The van der Waals surface area contributed by atoms with Gasteiger partial charge in [0, 0.05) is 11.0 Å². The van der Waals surface area contributed by atoms with E-state index in [0.717, 1.165) is 10.1 Å². The number of benzene rings is 1. The lowest BCUT2D eigenvalue weighted by molar-refractivity contribution is 0.601. The van der Waals surface area contributed by atoms with Crippen molar-refractivity contribution in [3.05, 3.63) is 35.9 Å². The topological polar surface area (TPSA) is 46.5 Å². The average Bonchev–Trinajstić information content (AvgIpc) is 2.81. The molecule has 18 heavy (non-hydrogen) atoms. The van der Waals surface area contributed by atoms with Crippen LogP contribution in [0.5, 0.6) is 0 Å². The van der Waals surface area contributed by atoms with E-state index in [9.17, 15) is 8.42 Å². The van der Waals surface area contributed by atoms with E-state index in [-0.39, 0.29) is 17.0 Å². The van der Waals surface area contributed by atoms with Gasteiger partial charge in [0.2, 0.25) is 0 Å². The van der Waals surface area contributed by atoms with E-state index in [2.05, 4.69) is 17.1 Å². The Morgan fingerprint density at radius 3 is 2.78 bits per heavy atom. The molecule has 0 spiro atoms. The molecule has 0 aromatic heterocycles. The highest BCUT2D eigenvalue weighted by Gasteiger charge is 2.42. The Hall–Kier alpha value is -0.460. The number of nitrogens with zero attached hydrogens (tertiary/aromatic N) is 1. The molecule has 0 N–H and O–H groups in total. The number of fused-ring (bicyclic) bond motifs is 1. The maximum Gasteiger partial charge on any atom is 0.153 e. The van der Waals surface area contributed by atoms with E-state index in [0.29, 0.717) is 5.75 Å². The lowest BCUT2D eigenvalue weighted by Gasteiger charge is -2.03. The van der Waals surface area contributed by atoms with Gasteiger partial charge in [0.25, 0.3) is 0 Å². The molecule has 1 saturated heterocycles. The maximum absolute atomic E-state index is 11.4. The SMILES string of the molecule is O=S1(=O)C[C@@H]2N=C(SCc3ccccc3)S[C@@H]2C1. The van der Waals surface area contributed by atoms with Crippen LogP contribution >= 0.6 is 23.5 Å². The van der Waals surface area contributed by atoms with Crippen molar-refractivity contribution in [2.24, 2.45) is 4.99 Å². The van der Waals surface area contributed by atoms with Crippen molar-refractivity contribution in [3.63, 3.8) is 0 Å². The van der Waals surface area contributed by atoms with E-state index in [4.69, 9.17) is 0 Å². The van der Waals surface area contributed by atoms with Gasteiger partial charge in [0.05, 0.1) is 17.5 Å². The van der Waals surface area contributed by atoms with Crippen molar-refractivity contribution >= 4 is 37.7 Å². The molecule has 1 aromatic carbocycles. The number of hydrogen-bond acceptors (Lipinski definition) is 5. The summed E-state index contributed by atoms with van der Waals surface area (Å²) in [6.45, 7) is 0. The molecule has 3 nitrogen and oxygen atoms in total. The zero-order chi connectivity index (χ0) is 12.6. The van der Waals surface area contributed by atoms with Crippen molar-refractivity contribution in [1.29, 1.82) is 0 Å². The van der Waals surface area contributed by atoms with Crippen LogP contribution in [0.15, 0.2) is 35.3 Å². The summed E-state index contributed by atoms with van der Waals surface area (Å²) in [6, 6.07) is 10.3. The summed E-state index contributed by atoms with van der Waals surface area (Å²) in [5.41, 5.74) is 1.27. The lowest BCUT2D eigenvalue weighted by Crippen LogP contribution is -2.12. The van der Waals surface area contributed by atoms with Crippen LogP contribution in [0.3, 0.4) is 0 Å². The second-order valence-corrected chi connectivity index (χ2v) is 9.07. The highest BCUT2D eigenvalue weighted by molar-refractivity contribution is 8.39. The predicted octanol–water partition coefficient (Wildman–Crippen LogP) is 2.19. The zero-order valence-electron chi connectivity index (χ0n) is 9.65. The van der Waals surface area contributed by atoms with Crippen LogP contribution in [-0.4, -0.2) is 35.6 Å². The van der Waals surface area contributed by atoms with Gasteiger partial charge in [-0.2, -0.15) is 0 Å². The minimum Gasteiger partial charge on any atom is -0.266 e. The molecule has 6 heteroatoms. The Morgan fingerprint density at radius 2 is 2.06 bits per heavy atom. The second kappa shape index (κ2) is 4.90. The van der Waals surface area contributed by atoms with Crippen molar-refractivity contribution in [2.75, 3.05) is 11.5 Å². The number of aliphatic imine (C=N–C) groups is 1. The van der Waals surface area contributed by atoms with E-state index in [1.807, 2.05) is 18.2 Å². The van der Waals surface area contributed by atoms with Crippen molar-refractivity contribution in [1.82, 2.24) is 0 Å². The smallest absolute Gasteiger partial charge is 0.153 e. The van der Waals surface area contributed by atoms with Gasteiger partial charge in [-0.05, 0) is 5.56 Å². The standard InChI is InChI=1S/C12H13NO2S3/c14-18(15)7-10-11(8-18)17-12(13-10)16-6-9-4-2-1-3-5-9/h1-5,10-11H,6-8H2/t10-,11+/m0/s1. The maximum atomic E-state index is 11.4. The molecule has 3 rings (SSSR count). The predicted molar refractivity (Wildman–Crippen MR) is 79.0 cm³/mol. The average molecular weight is 299 g/mol. The third-order valence-electron chi connectivity index (χ3n) is 3.00. The molecule has 2 atom stereocenters. The number of rotatable bonds is 2. The molecular weight excluding hydrogens is 286 g/mol. The molecule has 1 fully saturated rings. The van der Waals surface area contributed by atoms with Gasteiger partial charge >= 0.3 is 0 Å². The fraction of sp³-hybridized carbons (Fsp3) is 0.417. The minimum atomic E-state index is -2.83. The highest BCUT2D eigenvalue weighted by Crippen LogP contribution is 2.38. The molecular formula is C12H13NO2S3. The van der Waals surface area contributed by atoms with Gasteiger partial charge in [0.15, 0.2) is 9.84 Å². The molecule has 2 aliphatic rings. The molecule has 0 amide bonds. The number of hydrogen-bond donors (Lipinski definition) is 0. The number of sulfone groups is 1. The normalized spacial score (nSPS) is 29.0. The molecule has 96 valence electrons. The molecule has 0 aliphatic carbocycles. The molecule has 2 aliphatic heterocycles. The van der Waals surface area contributed by atoms with Crippen molar-refractivity contribution < 1.29 is 8.42 Å². The summed E-state index contributed by atoms with van der Waals surface area (Å²) < 4.78 is 23.9. The summed E-state index contributed by atoms with van der Waals surface area (Å²) in [5, 5.41) is 0.160. The lowest BCUT2D eigenvalue weighted by atomic mass is 10.2. The fourth-order valence-corrected chi connectivity index (χ4v) is 7.10. The van der Waals surface area contributed by atoms with E-state index in [1.54, 1.807) is 23.5 Å². The summed E-state index contributed by atoms with van der Waals surface area (Å²) in [6.07, 6.45) is 0. The Morgan fingerprint density at radius 1 is 1.28 bits per heavy atom. The van der Waals surface area contributed by atoms with Crippen LogP contribution < -0.4 is 0 Å². The summed E-state index contributed by atoms with van der Waals surface area (Å²) in [7, 11) is -2.83. The van der Waals surface area contributed by atoms with E-state index < -0.39 is 9.84 Å². The number of thioether (sulfide) groups is 2. The molecule has 0 unspecified atom stereocenters. The van der Waals surface area contributed by atoms with Crippen LogP contribution in [0.2, 0.25) is 0 Å². The van der Waals surface area contributed by atoms with Crippen molar-refractivity contribution in [2.45, 2.75) is 17.0 Å². The Kier molecular flexibility index (Phi) is 3.42. The fourth-order valence-electron chi connectivity index (χ4n) is 2.12. The first kappa shape index (κ1) is 12.6. The highest BCUT2D eigenvalue weighted by atomic mass is 32.2. The van der Waals surface area contributed by atoms with Gasteiger partial charge in [-0.1, -0.05) is 53.9 Å². The Balaban J connectivity index is 1.60. The third kappa shape index (κ3) is 2.75. The largest absolute Gasteiger partial charge is 0.266 e. The molecule has 0 radical (unpaired) electrons. The summed E-state index contributed by atoms with van der Waals surface area (Å²) in [5.74, 6) is 1.43. The summed E-state index contributed by atoms with van der Waals surface area (Å²) in [4.78, 5) is 4.52. The zero-order valence-corrected chi connectivity index (χ0v) is 12.1.